The van der Waals surface area contributed by atoms with E-state index in [-0.39, 0.29) is 12.3 Å². The van der Waals surface area contributed by atoms with Crippen molar-refractivity contribution in [1.82, 2.24) is 10.2 Å². The molecule has 0 spiro atoms. The van der Waals surface area contributed by atoms with Gasteiger partial charge in [0, 0.05) is 13.0 Å². The van der Waals surface area contributed by atoms with Gasteiger partial charge in [0.1, 0.15) is 12.1 Å². The first kappa shape index (κ1) is 18.3. The molecule has 0 saturated carbocycles. The van der Waals surface area contributed by atoms with E-state index in [0.717, 1.165) is 12.0 Å². The summed E-state index contributed by atoms with van der Waals surface area (Å²) in [5, 5.41) is 11.5. The zero-order valence-corrected chi connectivity index (χ0v) is 14.4. The van der Waals surface area contributed by atoms with Gasteiger partial charge in [-0.1, -0.05) is 30.3 Å². The van der Waals surface area contributed by atoms with Gasteiger partial charge < -0.3 is 15.3 Å². The van der Waals surface area contributed by atoms with Crippen LogP contribution >= 0.6 is 12.6 Å². The van der Waals surface area contributed by atoms with E-state index in [9.17, 15) is 19.5 Å². The molecule has 1 aliphatic heterocycles. The van der Waals surface area contributed by atoms with Gasteiger partial charge in [0.15, 0.2) is 0 Å². The average Bonchev–Trinajstić information content (AvgIpc) is 3.03. The fraction of sp³-hybridized carbons (Fsp3) is 0.471. The molecule has 2 amide bonds. The minimum absolute atomic E-state index is 0.200. The van der Waals surface area contributed by atoms with E-state index in [1.807, 2.05) is 30.3 Å². The normalized spacial score (nSPS) is 19.6. The number of carbonyl (C=O) groups is 3. The van der Waals surface area contributed by atoms with Crippen molar-refractivity contribution in [2.45, 2.75) is 43.5 Å². The summed E-state index contributed by atoms with van der Waals surface area (Å²) >= 11 is 4.13. The van der Waals surface area contributed by atoms with Crippen LogP contribution in [0.4, 0.5) is 0 Å². The minimum atomic E-state index is -1.09. The number of hydrogen-bond donors (Lipinski definition) is 3. The molecule has 1 aromatic rings. The highest BCUT2D eigenvalue weighted by Crippen LogP contribution is 2.20. The lowest BCUT2D eigenvalue weighted by molar-refractivity contribution is -0.143. The van der Waals surface area contributed by atoms with Crippen LogP contribution in [0.2, 0.25) is 0 Å². The fourth-order valence-electron chi connectivity index (χ4n) is 2.86. The number of benzene rings is 1. The summed E-state index contributed by atoms with van der Waals surface area (Å²) in [6.45, 7) is 2.16. The van der Waals surface area contributed by atoms with E-state index in [0.29, 0.717) is 13.0 Å². The number of thiol groups is 1. The smallest absolute Gasteiger partial charge is 0.326 e. The second-order valence-corrected chi connectivity index (χ2v) is 6.73. The van der Waals surface area contributed by atoms with Crippen LogP contribution in [0, 0.1) is 0 Å². The van der Waals surface area contributed by atoms with Crippen molar-refractivity contribution in [3.63, 3.8) is 0 Å². The number of nitrogens with zero attached hydrogens (tertiary/aromatic N) is 1. The largest absolute Gasteiger partial charge is 0.480 e. The van der Waals surface area contributed by atoms with E-state index >= 15 is 0 Å². The summed E-state index contributed by atoms with van der Waals surface area (Å²) in [5.74, 6) is -1.71. The van der Waals surface area contributed by atoms with E-state index in [4.69, 9.17) is 0 Å². The molecule has 1 aliphatic rings. The van der Waals surface area contributed by atoms with Crippen molar-refractivity contribution in [2.24, 2.45) is 0 Å². The molecular weight excluding hydrogens is 328 g/mol. The summed E-state index contributed by atoms with van der Waals surface area (Å²) < 4.78 is 0. The highest BCUT2D eigenvalue weighted by atomic mass is 32.1. The highest BCUT2D eigenvalue weighted by Gasteiger charge is 2.36. The Morgan fingerprint density at radius 2 is 2.00 bits per heavy atom. The van der Waals surface area contributed by atoms with Gasteiger partial charge >= 0.3 is 5.97 Å². The Hall–Kier alpha value is -2.02. The molecule has 24 heavy (non-hydrogen) atoms. The van der Waals surface area contributed by atoms with Crippen LogP contribution in [0.5, 0.6) is 0 Å². The molecule has 2 rings (SSSR count). The molecule has 1 heterocycles. The van der Waals surface area contributed by atoms with Crippen molar-refractivity contribution in [3.8, 4) is 0 Å². The Balaban J connectivity index is 2.04. The molecule has 1 fully saturated rings. The lowest BCUT2D eigenvalue weighted by Crippen LogP contribution is -2.52. The third kappa shape index (κ3) is 4.50. The molecule has 0 bridgehead atoms. The molecule has 2 N–H and O–H groups in total. The molecular formula is C17H22N2O4S. The van der Waals surface area contributed by atoms with Crippen LogP contribution in [0.15, 0.2) is 30.3 Å². The number of rotatable bonds is 6. The third-order valence-electron chi connectivity index (χ3n) is 4.09. The summed E-state index contributed by atoms with van der Waals surface area (Å²) in [6, 6.07) is 7.48. The maximum atomic E-state index is 12.5. The first-order valence-corrected chi connectivity index (χ1v) is 8.47. The van der Waals surface area contributed by atoms with Gasteiger partial charge in [-0.05, 0) is 25.3 Å². The lowest BCUT2D eigenvalue weighted by Gasteiger charge is -2.26. The number of carboxylic acid groups (broad SMARTS) is 1. The Kier molecular flexibility index (Phi) is 6.25. The average molecular weight is 350 g/mol. The molecule has 6 nitrogen and oxygen atoms in total. The second-order valence-electron chi connectivity index (χ2n) is 5.95. The van der Waals surface area contributed by atoms with Gasteiger partial charge in [-0.15, -0.1) is 0 Å². The second kappa shape index (κ2) is 8.19. The molecule has 3 atom stereocenters. The number of aliphatic carboxylic acids is 1. The van der Waals surface area contributed by atoms with E-state index < -0.39 is 29.2 Å². The highest BCUT2D eigenvalue weighted by molar-refractivity contribution is 7.81. The van der Waals surface area contributed by atoms with Gasteiger partial charge in [0.2, 0.25) is 11.8 Å². The van der Waals surface area contributed by atoms with E-state index in [1.165, 1.54) is 4.90 Å². The third-order valence-corrected chi connectivity index (χ3v) is 4.31. The summed E-state index contributed by atoms with van der Waals surface area (Å²) in [4.78, 5) is 37.6. The maximum Gasteiger partial charge on any atom is 0.326 e. The molecule has 0 radical (unpaired) electrons. The minimum Gasteiger partial charge on any atom is -0.480 e. The van der Waals surface area contributed by atoms with Gasteiger partial charge in [0.05, 0.1) is 5.25 Å². The predicted octanol–water partition coefficient (Wildman–Crippen LogP) is 1.11. The molecule has 0 unspecified atom stereocenters. The molecule has 130 valence electrons. The Labute approximate surface area is 146 Å². The number of amides is 2. The van der Waals surface area contributed by atoms with E-state index in [1.54, 1.807) is 6.92 Å². The summed E-state index contributed by atoms with van der Waals surface area (Å²) in [7, 11) is 0. The molecule has 7 heteroatoms. The number of likely N-dealkylation sites (tertiary alicyclic amines) is 1. The molecule has 0 aliphatic carbocycles. The number of hydrogen-bond acceptors (Lipinski definition) is 4. The van der Waals surface area contributed by atoms with Crippen LogP contribution < -0.4 is 5.32 Å². The molecule has 1 aromatic carbocycles. The van der Waals surface area contributed by atoms with Crippen molar-refractivity contribution < 1.29 is 19.5 Å². The zero-order chi connectivity index (χ0) is 17.7. The quantitative estimate of drug-likeness (QED) is 0.671. The van der Waals surface area contributed by atoms with Gasteiger partial charge in [-0.2, -0.15) is 12.6 Å². The van der Waals surface area contributed by atoms with Crippen LogP contribution in [0.25, 0.3) is 0 Å². The Morgan fingerprint density at radius 3 is 2.58 bits per heavy atom. The lowest BCUT2D eigenvalue weighted by atomic mass is 10.1. The first-order valence-electron chi connectivity index (χ1n) is 7.95. The zero-order valence-electron chi connectivity index (χ0n) is 13.5. The monoisotopic (exact) mass is 350 g/mol. The molecule has 0 aromatic heterocycles. The van der Waals surface area contributed by atoms with Gasteiger partial charge in [-0.3, -0.25) is 9.59 Å². The number of carboxylic acids is 1. The summed E-state index contributed by atoms with van der Waals surface area (Å²) in [6.07, 6.45) is 1.46. The van der Waals surface area contributed by atoms with Crippen molar-refractivity contribution in [2.75, 3.05) is 6.54 Å². The van der Waals surface area contributed by atoms with Crippen LogP contribution in [0.1, 0.15) is 25.3 Å². The van der Waals surface area contributed by atoms with Crippen molar-refractivity contribution >= 4 is 30.4 Å². The van der Waals surface area contributed by atoms with Crippen LogP contribution in [-0.2, 0) is 20.8 Å². The van der Waals surface area contributed by atoms with Crippen LogP contribution in [0.3, 0.4) is 0 Å². The molecule has 1 saturated heterocycles. The topological polar surface area (TPSA) is 86.7 Å². The van der Waals surface area contributed by atoms with Crippen molar-refractivity contribution in [1.29, 1.82) is 0 Å². The fourth-order valence-corrected chi connectivity index (χ4v) is 3.01. The SMILES string of the molecule is C[C@H](S)C(=O)N1CCC[C@H]1C(=O)N[C@@H](Cc1ccccc1)C(=O)O. The Morgan fingerprint density at radius 1 is 1.33 bits per heavy atom. The predicted molar refractivity (Wildman–Crippen MR) is 92.9 cm³/mol. The van der Waals surface area contributed by atoms with E-state index in [2.05, 4.69) is 17.9 Å². The van der Waals surface area contributed by atoms with Crippen LogP contribution in [-0.4, -0.2) is 51.7 Å². The number of carbonyl (C=O) groups excluding carboxylic acids is 2. The first-order chi connectivity index (χ1) is 11.4. The Bertz CT molecular complexity index is 606. The number of nitrogens with one attached hydrogen (secondary N) is 1. The van der Waals surface area contributed by atoms with Gasteiger partial charge in [0.25, 0.3) is 0 Å². The van der Waals surface area contributed by atoms with Gasteiger partial charge in [-0.25, -0.2) is 4.79 Å². The van der Waals surface area contributed by atoms with Crippen molar-refractivity contribution in [3.05, 3.63) is 35.9 Å². The maximum absolute atomic E-state index is 12.5. The summed E-state index contributed by atoms with van der Waals surface area (Å²) in [5.41, 5.74) is 0.827. The standard InChI is InChI=1S/C17H22N2O4S/c1-11(24)16(21)19-9-5-8-14(19)15(20)18-13(17(22)23)10-12-6-3-2-4-7-12/h2-4,6-7,11,13-14,24H,5,8-10H2,1H3,(H,18,20)(H,22,23)/t11-,13-,14-/m0/s1.